The highest BCUT2D eigenvalue weighted by molar-refractivity contribution is 6.31. The lowest BCUT2D eigenvalue weighted by atomic mass is 9.98. The van der Waals surface area contributed by atoms with Crippen LogP contribution in [0.2, 0.25) is 5.02 Å². The molecule has 5 nitrogen and oxygen atoms in total. The van der Waals surface area contributed by atoms with Crippen LogP contribution in [0.3, 0.4) is 0 Å². The van der Waals surface area contributed by atoms with Crippen LogP contribution in [0, 0.1) is 0 Å². The standard InChI is InChI=1S/C21H22ClNO4/c1-26-19-11-14-8-9-23(13-16(14)12-20(19)27-2)21(25)7-6-18(24)15-4-3-5-17(22)10-15/h3-5,10-12H,6-9,13H2,1-2H3. The zero-order valence-electron chi connectivity index (χ0n) is 15.5. The van der Waals surface area contributed by atoms with E-state index < -0.39 is 0 Å². The van der Waals surface area contributed by atoms with Gasteiger partial charge in [0, 0.05) is 36.5 Å². The average Bonchev–Trinajstić information content (AvgIpc) is 2.70. The second-order valence-corrected chi connectivity index (χ2v) is 6.91. The van der Waals surface area contributed by atoms with E-state index in [1.165, 1.54) is 0 Å². The second-order valence-electron chi connectivity index (χ2n) is 6.47. The van der Waals surface area contributed by atoms with Crippen LogP contribution in [0.25, 0.3) is 0 Å². The van der Waals surface area contributed by atoms with Gasteiger partial charge in [-0.2, -0.15) is 0 Å². The molecule has 0 spiro atoms. The Balaban J connectivity index is 1.63. The molecule has 0 saturated heterocycles. The van der Waals surface area contributed by atoms with Gasteiger partial charge in [-0.3, -0.25) is 9.59 Å². The lowest BCUT2D eigenvalue weighted by Crippen LogP contribution is -2.36. The number of hydrogen-bond donors (Lipinski definition) is 0. The molecule has 0 aliphatic carbocycles. The molecule has 142 valence electrons. The lowest BCUT2D eigenvalue weighted by molar-refractivity contribution is -0.132. The predicted octanol–water partition coefficient (Wildman–Crippen LogP) is 3.91. The van der Waals surface area contributed by atoms with Gasteiger partial charge in [0.2, 0.25) is 5.91 Å². The van der Waals surface area contributed by atoms with E-state index in [1.807, 2.05) is 12.1 Å². The molecule has 2 aromatic rings. The molecule has 1 heterocycles. The van der Waals surface area contributed by atoms with Gasteiger partial charge in [0.15, 0.2) is 17.3 Å². The largest absolute Gasteiger partial charge is 0.493 e. The summed E-state index contributed by atoms with van der Waals surface area (Å²) in [5.41, 5.74) is 2.75. The van der Waals surface area contributed by atoms with Crippen molar-refractivity contribution in [3.63, 3.8) is 0 Å². The summed E-state index contributed by atoms with van der Waals surface area (Å²) in [6, 6.07) is 10.7. The maximum absolute atomic E-state index is 12.6. The third kappa shape index (κ3) is 4.42. The highest BCUT2D eigenvalue weighted by atomic mass is 35.5. The molecular formula is C21H22ClNO4. The molecule has 1 aliphatic rings. The number of Topliss-reactive ketones (excluding diaryl/α,β-unsaturated/α-hetero) is 1. The van der Waals surface area contributed by atoms with Gasteiger partial charge in [0.1, 0.15) is 0 Å². The van der Waals surface area contributed by atoms with Crippen molar-refractivity contribution in [1.82, 2.24) is 4.90 Å². The summed E-state index contributed by atoms with van der Waals surface area (Å²) < 4.78 is 10.7. The Kier molecular flexibility index (Phi) is 6.01. The Labute approximate surface area is 163 Å². The Morgan fingerprint density at radius 1 is 1.04 bits per heavy atom. The molecule has 0 radical (unpaired) electrons. The number of fused-ring (bicyclic) bond motifs is 1. The summed E-state index contributed by atoms with van der Waals surface area (Å²) >= 11 is 5.92. The molecule has 2 aromatic carbocycles. The van der Waals surface area contributed by atoms with Gasteiger partial charge >= 0.3 is 0 Å². The van der Waals surface area contributed by atoms with Gasteiger partial charge in [-0.25, -0.2) is 0 Å². The predicted molar refractivity (Wildman–Crippen MR) is 104 cm³/mol. The highest BCUT2D eigenvalue weighted by Crippen LogP contribution is 2.33. The normalized spacial score (nSPS) is 13.1. The maximum atomic E-state index is 12.6. The van der Waals surface area contributed by atoms with E-state index in [9.17, 15) is 9.59 Å². The fourth-order valence-electron chi connectivity index (χ4n) is 3.28. The van der Waals surface area contributed by atoms with Crippen molar-refractivity contribution < 1.29 is 19.1 Å². The van der Waals surface area contributed by atoms with Crippen LogP contribution in [0.4, 0.5) is 0 Å². The molecule has 0 fully saturated rings. The molecule has 27 heavy (non-hydrogen) atoms. The molecule has 6 heteroatoms. The molecule has 0 bridgehead atoms. The number of ether oxygens (including phenoxy) is 2. The first kappa shape index (κ1) is 19.2. The van der Waals surface area contributed by atoms with Crippen LogP contribution < -0.4 is 9.47 Å². The third-order valence-corrected chi connectivity index (χ3v) is 5.02. The SMILES string of the molecule is COc1cc2c(cc1OC)CN(C(=O)CCC(=O)c1cccc(Cl)c1)CC2. The molecule has 0 unspecified atom stereocenters. The molecule has 1 aliphatic heterocycles. The number of ketones is 1. The number of benzene rings is 2. The summed E-state index contributed by atoms with van der Waals surface area (Å²) in [7, 11) is 3.21. The van der Waals surface area contributed by atoms with Crippen molar-refractivity contribution in [3.05, 3.63) is 58.1 Å². The van der Waals surface area contributed by atoms with E-state index in [0.717, 1.165) is 17.5 Å². The fourth-order valence-corrected chi connectivity index (χ4v) is 3.47. The molecular weight excluding hydrogens is 366 g/mol. The van der Waals surface area contributed by atoms with E-state index in [-0.39, 0.29) is 24.5 Å². The first-order valence-corrected chi connectivity index (χ1v) is 9.20. The Hall–Kier alpha value is -2.53. The smallest absolute Gasteiger partial charge is 0.223 e. The summed E-state index contributed by atoms with van der Waals surface area (Å²) in [5.74, 6) is 1.25. The quantitative estimate of drug-likeness (QED) is 0.705. The summed E-state index contributed by atoms with van der Waals surface area (Å²) in [6.07, 6.45) is 1.12. The minimum absolute atomic E-state index is 0.0224. The van der Waals surface area contributed by atoms with Crippen molar-refractivity contribution >= 4 is 23.3 Å². The number of halogens is 1. The molecule has 1 amide bonds. The fraction of sp³-hybridized carbons (Fsp3) is 0.333. The Morgan fingerprint density at radius 2 is 1.74 bits per heavy atom. The van der Waals surface area contributed by atoms with Gasteiger partial charge in [-0.15, -0.1) is 0 Å². The monoisotopic (exact) mass is 387 g/mol. The van der Waals surface area contributed by atoms with Gasteiger partial charge in [0.25, 0.3) is 0 Å². The van der Waals surface area contributed by atoms with Crippen molar-refractivity contribution in [2.24, 2.45) is 0 Å². The maximum Gasteiger partial charge on any atom is 0.223 e. The number of carbonyl (C=O) groups excluding carboxylic acids is 2. The van der Waals surface area contributed by atoms with Crippen molar-refractivity contribution in [2.75, 3.05) is 20.8 Å². The first-order valence-electron chi connectivity index (χ1n) is 8.82. The van der Waals surface area contributed by atoms with Crippen LogP contribution in [0.5, 0.6) is 11.5 Å². The zero-order chi connectivity index (χ0) is 19.4. The Bertz CT molecular complexity index is 865. The second kappa shape index (κ2) is 8.44. The summed E-state index contributed by atoms with van der Waals surface area (Å²) in [4.78, 5) is 26.6. The van der Waals surface area contributed by atoms with Crippen molar-refractivity contribution in [3.8, 4) is 11.5 Å². The zero-order valence-corrected chi connectivity index (χ0v) is 16.2. The Morgan fingerprint density at radius 3 is 2.41 bits per heavy atom. The molecule has 0 N–H and O–H groups in total. The number of nitrogens with zero attached hydrogens (tertiary/aromatic N) is 1. The number of hydrogen-bond acceptors (Lipinski definition) is 4. The van der Waals surface area contributed by atoms with Gasteiger partial charge in [0.05, 0.1) is 14.2 Å². The number of carbonyl (C=O) groups is 2. The van der Waals surface area contributed by atoms with E-state index in [2.05, 4.69) is 0 Å². The minimum atomic E-state index is -0.0744. The average molecular weight is 388 g/mol. The number of methoxy groups -OCH3 is 2. The van der Waals surface area contributed by atoms with E-state index in [0.29, 0.717) is 35.2 Å². The highest BCUT2D eigenvalue weighted by Gasteiger charge is 2.23. The van der Waals surface area contributed by atoms with Crippen LogP contribution in [0.15, 0.2) is 36.4 Å². The third-order valence-electron chi connectivity index (χ3n) is 4.78. The van der Waals surface area contributed by atoms with Crippen molar-refractivity contribution in [1.29, 1.82) is 0 Å². The van der Waals surface area contributed by atoms with Crippen LogP contribution in [-0.4, -0.2) is 37.4 Å². The minimum Gasteiger partial charge on any atom is -0.493 e. The van der Waals surface area contributed by atoms with E-state index in [1.54, 1.807) is 43.4 Å². The van der Waals surface area contributed by atoms with E-state index in [4.69, 9.17) is 21.1 Å². The van der Waals surface area contributed by atoms with Crippen molar-refractivity contribution in [2.45, 2.75) is 25.8 Å². The van der Waals surface area contributed by atoms with Gasteiger partial charge in [-0.1, -0.05) is 23.7 Å². The van der Waals surface area contributed by atoms with Crippen LogP contribution >= 0.6 is 11.6 Å². The number of rotatable bonds is 6. The van der Waals surface area contributed by atoms with Gasteiger partial charge in [-0.05, 0) is 41.8 Å². The summed E-state index contributed by atoms with van der Waals surface area (Å²) in [6.45, 7) is 1.15. The first-order chi connectivity index (χ1) is 13.0. The lowest BCUT2D eigenvalue weighted by Gasteiger charge is -2.29. The van der Waals surface area contributed by atoms with Crippen LogP contribution in [-0.2, 0) is 17.8 Å². The number of amides is 1. The molecule has 0 atom stereocenters. The van der Waals surface area contributed by atoms with Crippen LogP contribution in [0.1, 0.15) is 34.3 Å². The summed E-state index contributed by atoms with van der Waals surface area (Å²) in [5, 5.41) is 0.518. The topological polar surface area (TPSA) is 55.8 Å². The molecule has 3 rings (SSSR count). The molecule has 0 aromatic heterocycles. The molecule has 0 saturated carbocycles. The van der Waals surface area contributed by atoms with E-state index >= 15 is 0 Å². The van der Waals surface area contributed by atoms with Gasteiger partial charge < -0.3 is 14.4 Å².